The smallest absolute Gasteiger partial charge is 0.425 e. The SMILES string of the molecule is O=S(=O)([O-])C(F)(F)C(F)(F)S(=O)(=O)c1c(Cl)cccc1Cl. The molecule has 0 heterocycles. The molecular formula is C8H3Cl2F4O5S2-. The third-order valence-corrected chi connectivity index (χ3v) is 5.95. The summed E-state index contributed by atoms with van der Waals surface area (Å²) in [5.41, 5.74) is 0. The zero-order chi connectivity index (χ0) is 16.9. The monoisotopic (exact) mass is 389 g/mol. The highest BCUT2D eigenvalue weighted by Crippen LogP contribution is 2.47. The fourth-order valence-corrected chi connectivity index (χ4v) is 4.32. The van der Waals surface area contributed by atoms with Crippen LogP contribution in [0.15, 0.2) is 23.1 Å². The van der Waals surface area contributed by atoms with Crippen LogP contribution in [0.5, 0.6) is 0 Å². The predicted molar refractivity (Wildman–Crippen MR) is 63.2 cm³/mol. The standard InChI is InChI=1S/C8H4Cl2F4O5S2/c9-4-2-1-3-5(10)6(4)20(15,16)7(11,12)8(13,14)21(17,18)19/h1-3H,(H,17,18,19)/p-1. The first-order chi connectivity index (χ1) is 9.18. The number of benzene rings is 1. The summed E-state index contributed by atoms with van der Waals surface area (Å²) in [5, 5.41) is -14.6. The molecule has 21 heavy (non-hydrogen) atoms. The second-order valence-corrected chi connectivity index (χ2v) is 7.71. The minimum atomic E-state index is -6.98. The molecule has 0 aliphatic carbocycles. The molecule has 0 atom stereocenters. The van der Waals surface area contributed by atoms with Crippen molar-refractivity contribution < 1.29 is 39.0 Å². The first kappa shape index (κ1) is 18.4. The molecule has 1 rings (SSSR count). The van der Waals surface area contributed by atoms with Crippen molar-refractivity contribution in [1.29, 1.82) is 0 Å². The lowest BCUT2D eigenvalue weighted by atomic mass is 10.4. The second kappa shape index (κ2) is 5.23. The normalized spacial score (nSPS) is 14.2. The van der Waals surface area contributed by atoms with E-state index in [1.54, 1.807) is 0 Å². The summed E-state index contributed by atoms with van der Waals surface area (Å²) in [6.07, 6.45) is 0. The van der Waals surface area contributed by atoms with Gasteiger partial charge in [-0.15, -0.1) is 0 Å². The van der Waals surface area contributed by atoms with Crippen LogP contribution in [-0.2, 0) is 20.0 Å². The first-order valence-electron chi connectivity index (χ1n) is 4.57. The summed E-state index contributed by atoms with van der Waals surface area (Å²) in [6, 6.07) is 2.53. The molecule has 1 aromatic carbocycles. The van der Waals surface area contributed by atoms with Gasteiger partial charge in [-0.2, -0.15) is 17.6 Å². The summed E-state index contributed by atoms with van der Waals surface area (Å²) in [6.45, 7) is 0. The van der Waals surface area contributed by atoms with Crippen molar-refractivity contribution in [2.45, 2.75) is 15.4 Å². The van der Waals surface area contributed by atoms with Gasteiger partial charge in [0.15, 0.2) is 10.1 Å². The second-order valence-electron chi connectivity index (χ2n) is 3.54. The van der Waals surface area contributed by atoms with Gasteiger partial charge in [0.1, 0.15) is 4.90 Å². The Balaban J connectivity index is 3.72. The Morgan fingerprint density at radius 1 is 0.905 bits per heavy atom. The topological polar surface area (TPSA) is 91.3 Å². The first-order valence-corrected chi connectivity index (χ1v) is 8.22. The van der Waals surface area contributed by atoms with E-state index in [0.717, 1.165) is 18.2 Å². The summed E-state index contributed by atoms with van der Waals surface area (Å²) in [5.74, 6) is 0. The van der Waals surface area contributed by atoms with E-state index >= 15 is 0 Å². The minimum absolute atomic E-state index is 0.750. The summed E-state index contributed by atoms with van der Waals surface area (Å²) >= 11 is 10.6. The molecule has 0 fully saturated rings. The van der Waals surface area contributed by atoms with Crippen LogP contribution in [0, 0.1) is 0 Å². The van der Waals surface area contributed by atoms with E-state index < -0.39 is 45.4 Å². The van der Waals surface area contributed by atoms with Gasteiger partial charge in [-0.1, -0.05) is 29.3 Å². The molecule has 120 valence electrons. The molecule has 0 amide bonds. The summed E-state index contributed by atoms with van der Waals surface area (Å²) < 4.78 is 107. The Bertz CT molecular complexity index is 756. The van der Waals surface area contributed by atoms with Crippen molar-refractivity contribution in [1.82, 2.24) is 0 Å². The van der Waals surface area contributed by atoms with Gasteiger partial charge in [-0.3, -0.25) is 0 Å². The molecule has 13 heteroatoms. The average molecular weight is 390 g/mol. The Labute approximate surface area is 126 Å². The zero-order valence-electron chi connectivity index (χ0n) is 9.36. The van der Waals surface area contributed by atoms with Crippen LogP contribution in [-0.4, -0.2) is 31.9 Å². The average Bonchev–Trinajstić information content (AvgIpc) is 2.26. The van der Waals surface area contributed by atoms with E-state index in [9.17, 15) is 39.0 Å². The van der Waals surface area contributed by atoms with Crippen LogP contribution >= 0.6 is 23.2 Å². The lowest BCUT2D eigenvalue weighted by Crippen LogP contribution is -2.51. The van der Waals surface area contributed by atoms with Crippen LogP contribution in [0.25, 0.3) is 0 Å². The van der Waals surface area contributed by atoms with Crippen molar-refractivity contribution >= 4 is 43.2 Å². The van der Waals surface area contributed by atoms with E-state index in [2.05, 4.69) is 0 Å². The molecule has 0 aliphatic rings. The Morgan fingerprint density at radius 3 is 1.62 bits per heavy atom. The minimum Gasteiger partial charge on any atom is -0.743 e. The van der Waals surface area contributed by atoms with Crippen molar-refractivity contribution in [3.05, 3.63) is 28.2 Å². The third-order valence-electron chi connectivity index (χ3n) is 2.18. The van der Waals surface area contributed by atoms with E-state index in [-0.39, 0.29) is 0 Å². The third kappa shape index (κ3) is 2.72. The molecule has 5 nitrogen and oxygen atoms in total. The Kier molecular flexibility index (Phi) is 4.59. The molecular weight excluding hydrogens is 387 g/mol. The van der Waals surface area contributed by atoms with Gasteiger partial charge in [-0.05, 0) is 12.1 Å². The highest BCUT2D eigenvalue weighted by Gasteiger charge is 2.70. The lowest BCUT2D eigenvalue weighted by Gasteiger charge is -2.28. The van der Waals surface area contributed by atoms with E-state index in [1.807, 2.05) is 0 Å². The van der Waals surface area contributed by atoms with E-state index in [1.165, 1.54) is 0 Å². The van der Waals surface area contributed by atoms with Gasteiger partial charge in [0.25, 0.3) is 9.84 Å². The van der Waals surface area contributed by atoms with Gasteiger partial charge < -0.3 is 4.55 Å². The molecule has 0 saturated carbocycles. The van der Waals surface area contributed by atoms with Crippen LogP contribution in [0.4, 0.5) is 17.6 Å². The van der Waals surface area contributed by atoms with Crippen molar-refractivity contribution in [2.24, 2.45) is 0 Å². The molecule has 0 saturated heterocycles. The fraction of sp³-hybridized carbons (Fsp3) is 0.250. The van der Waals surface area contributed by atoms with Gasteiger partial charge in [0, 0.05) is 0 Å². The number of sulfone groups is 1. The highest BCUT2D eigenvalue weighted by molar-refractivity contribution is 7.94. The molecule has 0 radical (unpaired) electrons. The van der Waals surface area contributed by atoms with E-state index in [4.69, 9.17) is 23.2 Å². The predicted octanol–water partition coefficient (Wildman–Crippen LogP) is 2.50. The Morgan fingerprint density at radius 2 is 1.29 bits per heavy atom. The molecule has 0 spiro atoms. The maximum absolute atomic E-state index is 13.5. The molecule has 0 N–H and O–H groups in total. The molecule has 0 aromatic heterocycles. The fourth-order valence-electron chi connectivity index (χ4n) is 1.17. The molecule has 0 aliphatic heterocycles. The van der Waals surface area contributed by atoms with Crippen molar-refractivity contribution in [3.63, 3.8) is 0 Å². The summed E-state index contributed by atoms with van der Waals surface area (Å²) in [4.78, 5) is -1.61. The highest BCUT2D eigenvalue weighted by atomic mass is 35.5. The van der Waals surface area contributed by atoms with Crippen LogP contribution in [0.3, 0.4) is 0 Å². The Hall–Kier alpha value is -0.620. The number of halogens is 6. The number of hydrogen-bond acceptors (Lipinski definition) is 5. The van der Waals surface area contributed by atoms with Gasteiger partial charge in [-0.25, -0.2) is 16.8 Å². The largest absolute Gasteiger partial charge is 0.743 e. The number of hydrogen-bond donors (Lipinski definition) is 0. The maximum Gasteiger partial charge on any atom is 0.425 e. The van der Waals surface area contributed by atoms with Gasteiger partial charge in [0.05, 0.1) is 10.0 Å². The zero-order valence-corrected chi connectivity index (χ0v) is 12.5. The number of rotatable bonds is 4. The quantitative estimate of drug-likeness (QED) is 0.582. The van der Waals surface area contributed by atoms with Crippen LogP contribution in [0.2, 0.25) is 10.0 Å². The molecule has 0 bridgehead atoms. The van der Waals surface area contributed by atoms with Gasteiger partial charge >= 0.3 is 10.5 Å². The van der Waals surface area contributed by atoms with Crippen LogP contribution < -0.4 is 0 Å². The summed E-state index contributed by atoms with van der Waals surface area (Å²) in [7, 11) is -13.3. The van der Waals surface area contributed by atoms with E-state index in [0.29, 0.717) is 0 Å². The van der Waals surface area contributed by atoms with Crippen molar-refractivity contribution in [3.8, 4) is 0 Å². The van der Waals surface area contributed by atoms with Crippen molar-refractivity contribution in [2.75, 3.05) is 0 Å². The maximum atomic E-state index is 13.5. The number of alkyl halides is 4. The lowest BCUT2D eigenvalue weighted by molar-refractivity contribution is -0.101. The molecule has 1 aromatic rings. The van der Waals surface area contributed by atoms with Gasteiger partial charge in [0.2, 0.25) is 0 Å². The van der Waals surface area contributed by atoms with Crippen LogP contribution in [0.1, 0.15) is 0 Å². The molecule has 0 unspecified atom stereocenters.